The largest absolute Gasteiger partial charge is 0.341 e. The Hall–Kier alpha value is -1.72. The van der Waals surface area contributed by atoms with Crippen LogP contribution in [-0.2, 0) is 6.54 Å². The Labute approximate surface area is 96.2 Å². The Bertz CT molecular complexity index is 625. The minimum absolute atomic E-state index is 0.474. The van der Waals surface area contributed by atoms with Crippen LogP contribution in [0.5, 0.6) is 0 Å². The lowest BCUT2D eigenvalue weighted by Gasteiger charge is -1.96. The van der Waals surface area contributed by atoms with Crippen molar-refractivity contribution in [3.05, 3.63) is 35.6 Å². The van der Waals surface area contributed by atoms with Crippen LogP contribution in [0, 0.1) is 0 Å². The summed E-state index contributed by atoms with van der Waals surface area (Å²) in [5.41, 5.74) is 8.48. The van der Waals surface area contributed by atoms with Crippen molar-refractivity contribution in [1.82, 2.24) is 15.0 Å². The highest BCUT2D eigenvalue weighted by Gasteiger charge is 2.05. The minimum Gasteiger partial charge on any atom is -0.341 e. The summed E-state index contributed by atoms with van der Waals surface area (Å²) in [7, 11) is 0. The van der Waals surface area contributed by atoms with Gasteiger partial charge in [-0.2, -0.15) is 0 Å². The zero-order valence-electron chi connectivity index (χ0n) is 8.47. The maximum absolute atomic E-state index is 5.53. The molecule has 0 radical (unpaired) electrons. The molecule has 3 heterocycles. The Balaban J connectivity index is 2.10. The van der Waals surface area contributed by atoms with Crippen molar-refractivity contribution in [1.29, 1.82) is 0 Å². The average Bonchev–Trinajstić information content (AvgIpc) is 2.96. The van der Waals surface area contributed by atoms with Crippen LogP contribution in [-0.4, -0.2) is 15.0 Å². The fourth-order valence-electron chi connectivity index (χ4n) is 1.59. The van der Waals surface area contributed by atoms with Gasteiger partial charge in [0.25, 0.3) is 0 Å². The molecular formula is C11H10N4S. The fourth-order valence-corrected chi connectivity index (χ4v) is 2.37. The van der Waals surface area contributed by atoms with E-state index in [4.69, 9.17) is 5.73 Å². The quantitative estimate of drug-likeness (QED) is 0.708. The first-order valence-electron chi connectivity index (χ1n) is 4.94. The van der Waals surface area contributed by atoms with Crippen molar-refractivity contribution in [2.45, 2.75) is 6.54 Å². The fraction of sp³-hybridized carbons (Fsp3) is 0.0909. The molecule has 0 saturated carbocycles. The molecule has 0 unspecified atom stereocenters. The van der Waals surface area contributed by atoms with Crippen molar-refractivity contribution in [3.8, 4) is 11.4 Å². The third kappa shape index (κ3) is 1.50. The van der Waals surface area contributed by atoms with E-state index in [9.17, 15) is 0 Å². The number of fused-ring (bicyclic) bond motifs is 1. The van der Waals surface area contributed by atoms with Gasteiger partial charge in [0, 0.05) is 30.2 Å². The molecule has 3 aromatic heterocycles. The van der Waals surface area contributed by atoms with Crippen molar-refractivity contribution in [2.75, 3.05) is 0 Å². The van der Waals surface area contributed by atoms with Crippen LogP contribution in [0.3, 0.4) is 0 Å². The molecule has 0 fully saturated rings. The number of rotatable bonds is 2. The lowest BCUT2D eigenvalue weighted by Crippen LogP contribution is -1.95. The van der Waals surface area contributed by atoms with Crippen LogP contribution in [0.4, 0.5) is 0 Å². The maximum Gasteiger partial charge on any atom is 0.139 e. The summed E-state index contributed by atoms with van der Waals surface area (Å²) in [5.74, 6) is 0.822. The van der Waals surface area contributed by atoms with Crippen molar-refractivity contribution < 1.29 is 0 Å². The predicted molar refractivity (Wildman–Crippen MR) is 65.1 cm³/mol. The highest BCUT2D eigenvalue weighted by atomic mass is 32.1. The van der Waals surface area contributed by atoms with E-state index in [1.807, 2.05) is 17.6 Å². The lowest BCUT2D eigenvalue weighted by molar-refractivity contribution is 1.01. The number of thiophene rings is 1. The molecule has 0 aliphatic carbocycles. The molecule has 0 aliphatic heterocycles. The van der Waals surface area contributed by atoms with Crippen LogP contribution in [0.15, 0.2) is 29.9 Å². The predicted octanol–water partition coefficient (Wildman–Crippen LogP) is 2.15. The molecular weight excluding hydrogens is 220 g/mol. The van der Waals surface area contributed by atoms with Crippen LogP contribution < -0.4 is 5.73 Å². The number of H-pyrrole nitrogens is 1. The molecule has 3 N–H and O–H groups in total. The number of pyridine rings is 1. The molecule has 80 valence electrons. The summed E-state index contributed by atoms with van der Waals surface area (Å²) in [6.07, 6.45) is 3.59. The Morgan fingerprint density at radius 1 is 1.31 bits per heavy atom. The summed E-state index contributed by atoms with van der Waals surface area (Å²) in [6.45, 7) is 0.474. The maximum atomic E-state index is 5.53. The van der Waals surface area contributed by atoms with Gasteiger partial charge < -0.3 is 10.7 Å². The SMILES string of the molecule is NCc1cnc(-c2cnc3ccsc3c2)[nH]1. The third-order valence-electron chi connectivity index (χ3n) is 2.42. The summed E-state index contributed by atoms with van der Waals surface area (Å²) in [5, 5.41) is 2.04. The number of aromatic amines is 1. The van der Waals surface area contributed by atoms with E-state index >= 15 is 0 Å². The van der Waals surface area contributed by atoms with E-state index in [0.29, 0.717) is 6.54 Å². The molecule has 0 atom stereocenters. The molecule has 3 aromatic rings. The molecule has 0 saturated heterocycles. The van der Waals surface area contributed by atoms with Gasteiger partial charge in [-0.15, -0.1) is 11.3 Å². The Morgan fingerprint density at radius 3 is 3.06 bits per heavy atom. The number of imidazole rings is 1. The Morgan fingerprint density at radius 2 is 2.25 bits per heavy atom. The van der Waals surface area contributed by atoms with Crippen LogP contribution >= 0.6 is 11.3 Å². The van der Waals surface area contributed by atoms with Gasteiger partial charge in [0.05, 0.1) is 10.2 Å². The smallest absolute Gasteiger partial charge is 0.139 e. The van der Waals surface area contributed by atoms with E-state index in [2.05, 4.69) is 21.0 Å². The molecule has 4 nitrogen and oxygen atoms in total. The van der Waals surface area contributed by atoms with E-state index in [1.54, 1.807) is 17.5 Å². The normalized spacial score (nSPS) is 11.1. The summed E-state index contributed by atoms with van der Waals surface area (Å²) in [6, 6.07) is 4.10. The average molecular weight is 230 g/mol. The van der Waals surface area contributed by atoms with E-state index in [-0.39, 0.29) is 0 Å². The second kappa shape index (κ2) is 3.70. The van der Waals surface area contributed by atoms with Gasteiger partial charge in [-0.3, -0.25) is 4.98 Å². The number of nitrogens with zero attached hydrogens (tertiary/aromatic N) is 2. The summed E-state index contributed by atoms with van der Waals surface area (Å²) >= 11 is 1.68. The van der Waals surface area contributed by atoms with E-state index in [1.165, 1.54) is 4.70 Å². The standard InChI is InChI=1S/C11H10N4S/c12-4-8-6-14-11(15-8)7-3-10-9(13-5-7)1-2-16-10/h1-3,5-6H,4,12H2,(H,14,15). The zero-order chi connectivity index (χ0) is 11.0. The topological polar surface area (TPSA) is 67.6 Å². The monoisotopic (exact) mass is 230 g/mol. The highest BCUT2D eigenvalue weighted by molar-refractivity contribution is 7.17. The van der Waals surface area contributed by atoms with E-state index < -0.39 is 0 Å². The van der Waals surface area contributed by atoms with Crippen molar-refractivity contribution in [3.63, 3.8) is 0 Å². The van der Waals surface area contributed by atoms with Gasteiger partial charge >= 0.3 is 0 Å². The van der Waals surface area contributed by atoms with Gasteiger partial charge in [-0.05, 0) is 17.5 Å². The molecule has 0 amide bonds. The van der Waals surface area contributed by atoms with Crippen molar-refractivity contribution in [2.24, 2.45) is 5.73 Å². The number of hydrogen-bond donors (Lipinski definition) is 2. The van der Waals surface area contributed by atoms with Gasteiger partial charge in [0.1, 0.15) is 5.82 Å². The van der Waals surface area contributed by atoms with Crippen LogP contribution in [0.2, 0.25) is 0 Å². The minimum atomic E-state index is 0.474. The molecule has 3 rings (SSSR count). The zero-order valence-corrected chi connectivity index (χ0v) is 9.29. The first kappa shape index (κ1) is 9.50. The second-order valence-electron chi connectivity index (χ2n) is 3.49. The summed E-state index contributed by atoms with van der Waals surface area (Å²) < 4.78 is 1.17. The first-order chi connectivity index (χ1) is 7.86. The van der Waals surface area contributed by atoms with Crippen LogP contribution in [0.25, 0.3) is 21.6 Å². The molecule has 0 bridgehead atoms. The van der Waals surface area contributed by atoms with Gasteiger partial charge in [0.2, 0.25) is 0 Å². The van der Waals surface area contributed by atoms with Crippen LogP contribution in [0.1, 0.15) is 5.69 Å². The number of nitrogens with one attached hydrogen (secondary N) is 1. The van der Waals surface area contributed by atoms with E-state index in [0.717, 1.165) is 22.6 Å². The first-order valence-corrected chi connectivity index (χ1v) is 5.82. The number of aromatic nitrogens is 3. The van der Waals surface area contributed by atoms with Gasteiger partial charge in [-0.25, -0.2) is 4.98 Å². The van der Waals surface area contributed by atoms with Gasteiger partial charge in [0.15, 0.2) is 0 Å². The third-order valence-corrected chi connectivity index (χ3v) is 3.28. The molecule has 0 aliphatic rings. The second-order valence-corrected chi connectivity index (χ2v) is 4.44. The molecule has 16 heavy (non-hydrogen) atoms. The van der Waals surface area contributed by atoms with Crippen molar-refractivity contribution >= 4 is 21.6 Å². The molecule has 0 aromatic carbocycles. The lowest BCUT2D eigenvalue weighted by atomic mass is 10.2. The Kier molecular flexibility index (Phi) is 2.19. The summed E-state index contributed by atoms with van der Waals surface area (Å²) in [4.78, 5) is 11.8. The number of nitrogens with two attached hydrogens (primary N) is 1. The molecule has 5 heteroatoms. The number of hydrogen-bond acceptors (Lipinski definition) is 4. The highest BCUT2D eigenvalue weighted by Crippen LogP contribution is 2.24. The molecule has 0 spiro atoms. The van der Waals surface area contributed by atoms with Gasteiger partial charge in [-0.1, -0.05) is 0 Å².